The first-order valence-corrected chi connectivity index (χ1v) is 8.16. The lowest BCUT2D eigenvalue weighted by atomic mass is 10.2. The molecule has 4 nitrogen and oxygen atoms in total. The fourth-order valence-electron chi connectivity index (χ4n) is 1.67. The van der Waals surface area contributed by atoms with Crippen molar-refractivity contribution in [2.24, 2.45) is 5.10 Å². The van der Waals surface area contributed by atoms with Crippen molar-refractivity contribution in [2.45, 2.75) is 6.92 Å². The molecule has 0 atom stereocenters. The summed E-state index contributed by atoms with van der Waals surface area (Å²) in [5, 5.41) is 4.83. The Balaban J connectivity index is 1.85. The van der Waals surface area contributed by atoms with Crippen LogP contribution in [0.15, 0.2) is 46.0 Å². The number of nitrogens with zero attached hydrogens (tertiary/aromatic N) is 1. The van der Waals surface area contributed by atoms with Gasteiger partial charge in [-0.1, -0.05) is 45.2 Å². The number of aryl methyl sites for hydroxylation is 1. The van der Waals surface area contributed by atoms with Gasteiger partial charge in [0, 0.05) is 15.1 Å². The number of nitrogens with one attached hydrogen (secondary N) is 1. The summed E-state index contributed by atoms with van der Waals surface area (Å²) in [5.41, 5.74) is 4.05. The number of hydrogen-bond donors (Lipinski definition) is 1. The van der Waals surface area contributed by atoms with Crippen molar-refractivity contribution in [1.82, 2.24) is 5.43 Å². The van der Waals surface area contributed by atoms with E-state index >= 15 is 0 Å². The van der Waals surface area contributed by atoms with Crippen LogP contribution in [0, 0.1) is 6.92 Å². The fraction of sp³-hybridized carbons (Fsp3) is 0.125. The Morgan fingerprint density at radius 2 is 2.09 bits per heavy atom. The Morgan fingerprint density at radius 3 is 2.78 bits per heavy atom. The normalized spacial score (nSPS) is 10.8. The first-order valence-electron chi connectivity index (χ1n) is 6.61. The number of amides is 1. The quantitative estimate of drug-likeness (QED) is 0.573. The summed E-state index contributed by atoms with van der Waals surface area (Å²) in [5.74, 6) is 0.248. The van der Waals surface area contributed by atoms with Gasteiger partial charge in [0.05, 0.1) is 11.2 Å². The number of rotatable bonds is 5. The highest BCUT2D eigenvalue weighted by Gasteiger charge is 2.03. The molecule has 0 unspecified atom stereocenters. The summed E-state index contributed by atoms with van der Waals surface area (Å²) in [6, 6.07) is 10.5. The molecule has 0 aliphatic heterocycles. The van der Waals surface area contributed by atoms with E-state index in [1.54, 1.807) is 24.3 Å². The van der Waals surface area contributed by atoms with E-state index in [0.29, 0.717) is 21.4 Å². The molecule has 0 bridgehead atoms. The van der Waals surface area contributed by atoms with Gasteiger partial charge < -0.3 is 4.74 Å². The Bertz CT molecular complexity index is 751. The Kier molecular flexibility index (Phi) is 6.45. The first-order chi connectivity index (χ1) is 11.0. The van der Waals surface area contributed by atoms with E-state index in [-0.39, 0.29) is 12.5 Å². The monoisotopic (exact) mass is 414 g/mol. The van der Waals surface area contributed by atoms with Crippen LogP contribution in [0.25, 0.3) is 0 Å². The van der Waals surface area contributed by atoms with E-state index in [9.17, 15) is 4.79 Å². The van der Waals surface area contributed by atoms with E-state index in [1.807, 2.05) is 19.1 Å². The summed E-state index contributed by atoms with van der Waals surface area (Å²) < 4.78 is 6.38. The molecule has 0 saturated carbocycles. The lowest BCUT2D eigenvalue weighted by molar-refractivity contribution is -0.123. The zero-order valence-electron chi connectivity index (χ0n) is 12.1. The van der Waals surface area contributed by atoms with Crippen molar-refractivity contribution >= 4 is 51.3 Å². The van der Waals surface area contributed by atoms with Crippen LogP contribution >= 0.6 is 39.1 Å². The standard InChI is InChI=1S/C16H13BrCl2N2O2/c1-10-6-13(4-5-14(10)17)23-9-16(22)21-20-8-11-2-3-12(18)7-15(11)19/h2-8H,9H2,1H3,(H,21,22). The highest BCUT2D eigenvalue weighted by molar-refractivity contribution is 9.10. The summed E-state index contributed by atoms with van der Waals surface area (Å²) >= 11 is 15.2. The van der Waals surface area contributed by atoms with Crippen molar-refractivity contribution in [3.8, 4) is 5.75 Å². The minimum atomic E-state index is -0.369. The van der Waals surface area contributed by atoms with Crippen LogP contribution in [0.2, 0.25) is 10.0 Å². The van der Waals surface area contributed by atoms with Gasteiger partial charge in [-0.3, -0.25) is 4.79 Å². The van der Waals surface area contributed by atoms with Crippen LogP contribution in [-0.4, -0.2) is 18.7 Å². The van der Waals surface area contributed by atoms with E-state index in [0.717, 1.165) is 10.0 Å². The van der Waals surface area contributed by atoms with Crippen LogP contribution in [0.5, 0.6) is 5.75 Å². The smallest absolute Gasteiger partial charge is 0.277 e. The number of halogens is 3. The molecule has 2 rings (SSSR count). The van der Waals surface area contributed by atoms with Crippen molar-refractivity contribution < 1.29 is 9.53 Å². The molecule has 1 amide bonds. The molecule has 0 heterocycles. The van der Waals surface area contributed by atoms with Crippen molar-refractivity contribution in [1.29, 1.82) is 0 Å². The lowest BCUT2D eigenvalue weighted by Crippen LogP contribution is -2.24. The molecule has 2 aromatic rings. The molecule has 0 fully saturated rings. The number of carbonyl (C=O) groups excluding carboxylic acids is 1. The molecule has 0 radical (unpaired) electrons. The zero-order valence-corrected chi connectivity index (χ0v) is 15.2. The molecule has 0 spiro atoms. The van der Waals surface area contributed by atoms with Gasteiger partial charge in [-0.25, -0.2) is 5.43 Å². The second-order valence-corrected chi connectivity index (χ2v) is 6.36. The van der Waals surface area contributed by atoms with Gasteiger partial charge in [0.25, 0.3) is 5.91 Å². The number of hydrazone groups is 1. The Hall–Kier alpha value is -1.56. The average molecular weight is 416 g/mol. The van der Waals surface area contributed by atoms with Gasteiger partial charge >= 0.3 is 0 Å². The van der Waals surface area contributed by atoms with Crippen molar-refractivity contribution in [3.05, 3.63) is 62.0 Å². The maximum atomic E-state index is 11.7. The van der Waals surface area contributed by atoms with E-state index < -0.39 is 0 Å². The largest absolute Gasteiger partial charge is 0.484 e. The molecule has 23 heavy (non-hydrogen) atoms. The molecule has 2 aromatic carbocycles. The number of benzene rings is 2. The predicted molar refractivity (Wildman–Crippen MR) is 96.6 cm³/mol. The van der Waals surface area contributed by atoms with E-state index in [4.69, 9.17) is 27.9 Å². The topological polar surface area (TPSA) is 50.7 Å². The van der Waals surface area contributed by atoms with Crippen molar-refractivity contribution in [3.63, 3.8) is 0 Å². The van der Waals surface area contributed by atoms with Crippen LogP contribution in [-0.2, 0) is 4.79 Å². The van der Waals surface area contributed by atoms with Gasteiger partial charge in [-0.15, -0.1) is 0 Å². The third-order valence-corrected chi connectivity index (χ3v) is 4.31. The third kappa shape index (κ3) is 5.53. The molecule has 0 aliphatic carbocycles. The van der Waals surface area contributed by atoms with Crippen LogP contribution in [0.1, 0.15) is 11.1 Å². The number of carbonyl (C=O) groups is 1. The summed E-state index contributed by atoms with van der Waals surface area (Å²) in [4.78, 5) is 11.7. The molecular weight excluding hydrogens is 403 g/mol. The maximum Gasteiger partial charge on any atom is 0.277 e. The Labute approximate surface area is 152 Å². The fourth-order valence-corrected chi connectivity index (χ4v) is 2.37. The van der Waals surface area contributed by atoms with E-state index in [2.05, 4.69) is 26.5 Å². The van der Waals surface area contributed by atoms with Crippen LogP contribution < -0.4 is 10.2 Å². The SMILES string of the molecule is Cc1cc(OCC(=O)NN=Cc2ccc(Cl)cc2Cl)ccc1Br. The second-order valence-electron chi connectivity index (χ2n) is 4.66. The van der Waals surface area contributed by atoms with E-state index in [1.165, 1.54) is 6.21 Å². The molecule has 7 heteroatoms. The van der Waals surface area contributed by atoms with Crippen LogP contribution in [0.3, 0.4) is 0 Å². The van der Waals surface area contributed by atoms with Gasteiger partial charge in [0.1, 0.15) is 5.75 Å². The van der Waals surface area contributed by atoms with Gasteiger partial charge in [0.2, 0.25) is 0 Å². The zero-order chi connectivity index (χ0) is 16.8. The second kappa shape index (κ2) is 8.34. The Morgan fingerprint density at radius 1 is 1.30 bits per heavy atom. The minimum Gasteiger partial charge on any atom is -0.484 e. The van der Waals surface area contributed by atoms with Crippen LogP contribution in [0.4, 0.5) is 0 Å². The average Bonchev–Trinajstić information content (AvgIpc) is 2.50. The minimum absolute atomic E-state index is 0.132. The van der Waals surface area contributed by atoms with Gasteiger partial charge in [0.15, 0.2) is 6.61 Å². The highest BCUT2D eigenvalue weighted by Crippen LogP contribution is 2.21. The van der Waals surface area contributed by atoms with Gasteiger partial charge in [-0.2, -0.15) is 5.10 Å². The first kappa shape index (κ1) is 17.8. The molecule has 1 N–H and O–H groups in total. The molecular formula is C16H13BrCl2N2O2. The molecule has 120 valence electrons. The summed E-state index contributed by atoms with van der Waals surface area (Å²) in [7, 11) is 0. The number of ether oxygens (including phenoxy) is 1. The maximum absolute atomic E-state index is 11.7. The third-order valence-electron chi connectivity index (χ3n) is 2.85. The van der Waals surface area contributed by atoms with Gasteiger partial charge in [-0.05, 0) is 42.8 Å². The lowest BCUT2D eigenvalue weighted by Gasteiger charge is -2.06. The predicted octanol–water partition coefficient (Wildman–Crippen LogP) is 4.59. The summed E-state index contributed by atoms with van der Waals surface area (Å²) in [6.45, 7) is 1.81. The number of hydrogen-bond acceptors (Lipinski definition) is 3. The molecule has 0 aromatic heterocycles. The van der Waals surface area contributed by atoms with Crippen molar-refractivity contribution in [2.75, 3.05) is 6.61 Å². The highest BCUT2D eigenvalue weighted by atomic mass is 79.9. The molecule has 0 aliphatic rings. The molecule has 0 saturated heterocycles. The summed E-state index contributed by atoms with van der Waals surface area (Å²) in [6.07, 6.45) is 1.44.